The number of benzene rings is 1. The quantitative estimate of drug-likeness (QED) is 0.797. The topological polar surface area (TPSA) is 36.9 Å². The van der Waals surface area contributed by atoms with Gasteiger partial charge >= 0.3 is 0 Å². The van der Waals surface area contributed by atoms with Crippen LogP contribution in [0.15, 0.2) is 44.4 Å². The second kappa shape index (κ2) is 8.78. The Balaban J connectivity index is 1.69. The number of aliphatic imine (C=N–C) groups is 1. The minimum atomic E-state index is 0.449. The van der Waals surface area contributed by atoms with Gasteiger partial charge < -0.3 is 15.0 Å². The summed E-state index contributed by atoms with van der Waals surface area (Å²) in [5.74, 6) is 1.14. The third kappa shape index (κ3) is 4.24. The van der Waals surface area contributed by atoms with Crippen LogP contribution in [0.2, 0.25) is 0 Å². The van der Waals surface area contributed by atoms with Crippen molar-refractivity contribution in [3.63, 3.8) is 0 Å². The van der Waals surface area contributed by atoms with Crippen molar-refractivity contribution in [1.29, 1.82) is 0 Å². The molecule has 6 heteroatoms. The van der Waals surface area contributed by atoms with Gasteiger partial charge in [-0.25, -0.2) is 4.99 Å². The van der Waals surface area contributed by atoms with Crippen LogP contribution in [0, 0.1) is 0 Å². The minimum Gasteiger partial charge on any atom is -0.385 e. The molecule has 1 unspecified atom stereocenters. The number of aryl methyl sites for hydroxylation is 1. The number of ether oxygens (including phenoxy) is 1. The van der Waals surface area contributed by atoms with Crippen molar-refractivity contribution in [3.8, 4) is 0 Å². The number of amidine groups is 1. The maximum Gasteiger partial charge on any atom is 0.138 e. The lowest BCUT2D eigenvalue weighted by Gasteiger charge is -2.35. The molecule has 2 aromatic rings. The molecule has 4 nitrogen and oxygen atoms in total. The van der Waals surface area contributed by atoms with Crippen LogP contribution in [0.3, 0.4) is 0 Å². The van der Waals surface area contributed by atoms with Gasteiger partial charge in [0.15, 0.2) is 0 Å². The largest absolute Gasteiger partial charge is 0.385 e. The third-order valence-electron chi connectivity index (χ3n) is 5.01. The fourth-order valence-electron chi connectivity index (χ4n) is 3.65. The van der Waals surface area contributed by atoms with Gasteiger partial charge in [0.05, 0.1) is 9.90 Å². The standard InChI is InChI=1S/C21H27N3OS2/c1-3-6-16-13-17-20(24-11-10-22-15(14-24)9-12-25-2)23-18-7-4-5-8-19(18)27-21(17)26-16/h4-5,7-8,13,15,22H,3,6,9-12,14H2,1-2H3. The van der Waals surface area contributed by atoms with Crippen molar-refractivity contribution in [2.75, 3.05) is 33.4 Å². The van der Waals surface area contributed by atoms with E-state index in [4.69, 9.17) is 9.73 Å². The van der Waals surface area contributed by atoms with E-state index in [9.17, 15) is 0 Å². The number of hydrogen-bond acceptors (Lipinski definition) is 6. The summed E-state index contributed by atoms with van der Waals surface area (Å²) in [5.41, 5.74) is 2.40. The van der Waals surface area contributed by atoms with Gasteiger partial charge in [-0.05, 0) is 31.0 Å². The first-order chi connectivity index (χ1) is 13.3. The van der Waals surface area contributed by atoms with Crippen molar-refractivity contribution in [1.82, 2.24) is 10.2 Å². The van der Waals surface area contributed by atoms with Gasteiger partial charge in [-0.15, -0.1) is 11.3 Å². The molecule has 0 radical (unpaired) electrons. The van der Waals surface area contributed by atoms with E-state index in [-0.39, 0.29) is 0 Å². The molecular weight excluding hydrogens is 374 g/mol. The number of fused-ring (bicyclic) bond motifs is 2. The third-order valence-corrected chi connectivity index (χ3v) is 7.47. The highest BCUT2D eigenvalue weighted by molar-refractivity contribution is 8.01. The Morgan fingerprint density at radius 3 is 3.07 bits per heavy atom. The molecular formula is C21H27N3OS2. The lowest BCUT2D eigenvalue weighted by atomic mass is 10.1. The van der Waals surface area contributed by atoms with Gasteiger partial charge in [-0.2, -0.15) is 0 Å². The molecule has 1 fully saturated rings. The van der Waals surface area contributed by atoms with Crippen LogP contribution in [-0.2, 0) is 11.2 Å². The minimum absolute atomic E-state index is 0.449. The number of hydrogen-bond donors (Lipinski definition) is 1. The predicted octanol–water partition coefficient (Wildman–Crippen LogP) is 4.55. The first kappa shape index (κ1) is 19.0. The molecule has 27 heavy (non-hydrogen) atoms. The highest BCUT2D eigenvalue weighted by Gasteiger charge is 2.28. The molecule has 144 valence electrons. The van der Waals surface area contributed by atoms with E-state index in [1.54, 1.807) is 7.11 Å². The smallest absolute Gasteiger partial charge is 0.138 e. The molecule has 1 aromatic heterocycles. The molecule has 0 amide bonds. The molecule has 0 aliphatic carbocycles. The Labute approximate surface area is 170 Å². The van der Waals surface area contributed by atoms with Crippen LogP contribution in [0.1, 0.15) is 30.2 Å². The van der Waals surface area contributed by atoms with Crippen molar-refractivity contribution < 1.29 is 4.74 Å². The van der Waals surface area contributed by atoms with E-state index < -0.39 is 0 Å². The van der Waals surface area contributed by atoms with Gasteiger partial charge in [0, 0.05) is 54.7 Å². The normalized spacial score (nSPS) is 19.3. The summed E-state index contributed by atoms with van der Waals surface area (Å²) in [6.07, 6.45) is 3.36. The molecule has 2 aliphatic rings. The summed E-state index contributed by atoms with van der Waals surface area (Å²) < 4.78 is 6.67. The fourth-order valence-corrected chi connectivity index (χ4v) is 6.21. The van der Waals surface area contributed by atoms with Crippen LogP contribution in [0.25, 0.3) is 0 Å². The zero-order valence-corrected chi connectivity index (χ0v) is 17.7. The van der Waals surface area contributed by atoms with E-state index >= 15 is 0 Å². The van der Waals surface area contributed by atoms with Crippen molar-refractivity contribution >= 4 is 34.6 Å². The number of nitrogens with one attached hydrogen (secondary N) is 1. The Hall–Kier alpha value is -1.34. The Kier molecular flexibility index (Phi) is 6.18. The van der Waals surface area contributed by atoms with Crippen LogP contribution in [0.4, 0.5) is 5.69 Å². The lowest BCUT2D eigenvalue weighted by Crippen LogP contribution is -2.53. The summed E-state index contributed by atoms with van der Waals surface area (Å²) in [6.45, 7) is 6.00. The first-order valence-corrected chi connectivity index (χ1v) is 11.4. The van der Waals surface area contributed by atoms with Gasteiger partial charge in [0.1, 0.15) is 5.84 Å². The molecule has 1 aromatic carbocycles. The highest BCUT2D eigenvalue weighted by atomic mass is 32.2. The first-order valence-electron chi connectivity index (χ1n) is 9.74. The Bertz CT molecular complexity index is 818. The zero-order valence-electron chi connectivity index (χ0n) is 16.0. The second-order valence-electron chi connectivity index (χ2n) is 7.05. The maximum absolute atomic E-state index is 5.29. The number of methoxy groups -OCH3 is 1. The molecule has 0 spiro atoms. The summed E-state index contributed by atoms with van der Waals surface area (Å²) in [6, 6.07) is 11.3. The zero-order chi connectivity index (χ0) is 18.6. The number of thiophene rings is 1. The monoisotopic (exact) mass is 401 g/mol. The van der Waals surface area contributed by atoms with E-state index in [0.717, 1.165) is 50.6 Å². The molecule has 0 bridgehead atoms. The SMILES string of the molecule is CCCc1cc2c(s1)Sc1ccccc1N=C2N1CCNC(CCOC)C1. The van der Waals surface area contributed by atoms with Crippen LogP contribution >= 0.6 is 23.1 Å². The van der Waals surface area contributed by atoms with Crippen LogP contribution < -0.4 is 5.32 Å². The summed E-state index contributed by atoms with van der Waals surface area (Å²) in [5, 5.41) is 3.63. The second-order valence-corrected chi connectivity index (χ2v) is 9.49. The van der Waals surface area contributed by atoms with E-state index in [1.165, 1.54) is 26.0 Å². The number of nitrogens with zero attached hydrogens (tertiary/aromatic N) is 2. The highest BCUT2D eigenvalue weighted by Crippen LogP contribution is 2.44. The number of rotatable bonds is 5. The van der Waals surface area contributed by atoms with Crippen molar-refractivity contribution in [2.45, 2.75) is 41.3 Å². The maximum atomic E-state index is 5.29. The lowest BCUT2D eigenvalue weighted by molar-refractivity contribution is 0.168. The Morgan fingerprint density at radius 1 is 1.33 bits per heavy atom. The van der Waals surface area contributed by atoms with Crippen LogP contribution in [-0.4, -0.2) is 50.1 Å². The van der Waals surface area contributed by atoms with Crippen LogP contribution in [0.5, 0.6) is 0 Å². The molecule has 4 rings (SSSR count). The van der Waals surface area contributed by atoms with Gasteiger partial charge in [0.25, 0.3) is 0 Å². The molecule has 1 N–H and O–H groups in total. The van der Waals surface area contributed by atoms with Crippen molar-refractivity contribution in [2.24, 2.45) is 4.99 Å². The molecule has 1 saturated heterocycles. The van der Waals surface area contributed by atoms with E-state index in [2.05, 4.69) is 47.5 Å². The molecule has 3 heterocycles. The fraction of sp³-hybridized carbons (Fsp3) is 0.476. The summed E-state index contributed by atoms with van der Waals surface area (Å²) in [4.78, 5) is 10.4. The molecule has 2 aliphatic heterocycles. The molecule has 1 atom stereocenters. The summed E-state index contributed by atoms with van der Waals surface area (Å²) >= 11 is 3.81. The molecule has 0 saturated carbocycles. The van der Waals surface area contributed by atoms with Crippen molar-refractivity contribution in [3.05, 3.63) is 40.8 Å². The summed E-state index contributed by atoms with van der Waals surface area (Å²) in [7, 11) is 1.77. The van der Waals surface area contributed by atoms with Gasteiger partial charge in [0.2, 0.25) is 0 Å². The van der Waals surface area contributed by atoms with E-state index in [1.807, 2.05) is 23.1 Å². The average Bonchev–Trinajstić information content (AvgIpc) is 3.01. The number of piperazine rings is 1. The number of para-hydroxylation sites is 1. The van der Waals surface area contributed by atoms with Gasteiger partial charge in [-0.3, -0.25) is 0 Å². The van der Waals surface area contributed by atoms with Gasteiger partial charge in [-0.1, -0.05) is 37.2 Å². The average molecular weight is 402 g/mol. The Morgan fingerprint density at radius 2 is 2.22 bits per heavy atom. The predicted molar refractivity (Wildman–Crippen MR) is 115 cm³/mol. The van der Waals surface area contributed by atoms with E-state index in [0.29, 0.717) is 6.04 Å².